The van der Waals surface area contributed by atoms with Gasteiger partial charge in [-0.05, 0) is 49.1 Å². The van der Waals surface area contributed by atoms with Crippen LogP contribution in [0.1, 0.15) is 25.8 Å². The number of hydrogen-bond acceptors (Lipinski definition) is 4. The predicted molar refractivity (Wildman–Crippen MR) is 77.3 cm³/mol. The molecule has 0 saturated carbocycles. The van der Waals surface area contributed by atoms with E-state index in [9.17, 15) is 0 Å². The molecule has 0 spiro atoms. The molecular formula is C14H24N2OS. The van der Waals surface area contributed by atoms with Gasteiger partial charge in [0.15, 0.2) is 0 Å². The summed E-state index contributed by atoms with van der Waals surface area (Å²) in [5.74, 6) is 0. The highest BCUT2D eigenvalue weighted by Gasteiger charge is 2.17. The lowest BCUT2D eigenvalue weighted by Gasteiger charge is -2.28. The second-order valence-electron chi connectivity index (χ2n) is 5.27. The second-order valence-corrected chi connectivity index (χ2v) is 6.05. The molecule has 0 bridgehead atoms. The highest BCUT2D eigenvalue weighted by molar-refractivity contribution is 7.07. The highest BCUT2D eigenvalue weighted by atomic mass is 32.1. The zero-order valence-corrected chi connectivity index (χ0v) is 12.1. The van der Waals surface area contributed by atoms with Gasteiger partial charge in [0.1, 0.15) is 0 Å². The fourth-order valence-electron chi connectivity index (χ4n) is 2.57. The van der Waals surface area contributed by atoms with Crippen molar-refractivity contribution in [3.63, 3.8) is 0 Å². The quantitative estimate of drug-likeness (QED) is 0.828. The van der Waals surface area contributed by atoms with E-state index >= 15 is 0 Å². The minimum absolute atomic E-state index is 0.509. The van der Waals surface area contributed by atoms with Crippen LogP contribution in [0.2, 0.25) is 0 Å². The van der Waals surface area contributed by atoms with Gasteiger partial charge in [0.25, 0.3) is 0 Å². The Bertz CT molecular complexity index is 323. The maximum Gasteiger partial charge on any atom is 0.0620 e. The van der Waals surface area contributed by atoms with Crippen LogP contribution in [0, 0.1) is 0 Å². The van der Waals surface area contributed by atoms with E-state index in [1.54, 1.807) is 11.3 Å². The van der Waals surface area contributed by atoms with E-state index in [-0.39, 0.29) is 0 Å². The number of ether oxygens (including phenoxy) is 1. The largest absolute Gasteiger partial charge is 0.379 e. The van der Waals surface area contributed by atoms with Gasteiger partial charge in [0.05, 0.1) is 13.2 Å². The molecule has 2 heterocycles. The molecule has 0 aliphatic carbocycles. The minimum Gasteiger partial charge on any atom is -0.379 e. The zero-order valence-electron chi connectivity index (χ0n) is 11.3. The third-order valence-electron chi connectivity index (χ3n) is 3.33. The van der Waals surface area contributed by atoms with Crippen molar-refractivity contribution in [2.75, 3.05) is 19.8 Å². The van der Waals surface area contributed by atoms with Gasteiger partial charge in [-0.2, -0.15) is 11.3 Å². The number of nitrogens with one attached hydrogen (secondary N) is 2. The summed E-state index contributed by atoms with van der Waals surface area (Å²) in [6.07, 6.45) is 2.25. The Kier molecular flexibility index (Phi) is 5.63. The second kappa shape index (κ2) is 7.24. The van der Waals surface area contributed by atoms with Crippen LogP contribution in [-0.2, 0) is 11.2 Å². The first-order valence-corrected chi connectivity index (χ1v) is 7.76. The van der Waals surface area contributed by atoms with Gasteiger partial charge in [-0.1, -0.05) is 0 Å². The van der Waals surface area contributed by atoms with Crippen molar-refractivity contribution in [2.24, 2.45) is 0 Å². The van der Waals surface area contributed by atoms with Crippen LogP contribution in [0.15, 0.2) is 16.8 Å². The van der Waals surface area contributed by atoms with Crippen LogP contribution in [-0.4, -0.2) is 37.9 Å². The van der Waals surface area contributed by atoms with Gasteiger partial charge in [-0.3, -0.25) is 0 Å². The Morgan fingerprint density at radius 3 is 3.06 bits per heavy atom. The molecule has 2 rings (SSSR count). The van der Waals surface area contributed by atoms with Crippen molar-refractivity contribution in [1.29, 1.82) is 0 Å². The lowest BCUT2D eigenvalue weighted by molar-refractivity contribution is 0.0708. The molecule has 18 heavy (non-hydrogen) atoms. The monoisotopic (exact) mass is 268 g/mol. The molecular weight excluding hydrogens is 244 g/mol. The summed E-state index contributed by atoms with van der Waals surface area (Å²) < 4.78 is 5.48. The van der Waals surface area contributed by atoms with E-state index in [1.165, 1.54) is 5.56 Å². The molecule has 1 aliphatic rings. The van der Waals surface area contributed by atoms with Crippen LogP contribution >= 0.6 is 11.3 Å². The van der Waals surface area contributed by atoms with E-state index in [1.807, 2.05) is 0 Å². The van der Waals surface area contributed by atoms with Crippen molar-refractivity contribution >= 4 is 11.3 Å². The Labute approximate surface area is 114 Å². The Hall–Kier alpha value is -0.420. The Morgan fingerprint density at radius 1 is 1.50 bits per heavy atom. The van der Waals surface area contributed by atoms with Gasteiger partial charge in [-0.25, -0.2) is 0 Å². The van der Waals surface area contributed by atoms with Crippen molar-refractivity contribution in [1.82, 2.24) is 10.6 Å². The van der Waals surface area contributed by atoms with E-state index in [0.29, 0.717) is 18.1 Å². The molecule has 3 nitrogen and oxygen atoms in total. The lowest BCUT2D eigenvalue weighted by Crippen LogP contribution is -2.46. The summed E-state index contributed by atoms with van der Waals surface area (Å²) in [6.45, 7) is 7.22. The predicted octanol–water partition coefficient (Wildman–Crippen LogP) is 2.04. The van der Waals surface area contributed by atoms with Gasteiger partial charge < -0.3 is 15.4 Å². The van der Waals surface area contributed by atoms with Crippen LogP contribution in [0.4, 0.5) is 0 Å². The molecule has 2 N–H and O–H groups in total. The summed E-state index contributed by atoms with van der Waals surface area (Å²) in [7, 11) is 0. The number of morpholine rings is 1. The smallest absolute Gasteiger partial charge is 0.0620 e. The molecule has 1 aromatic heterocycles. The summed E-state index contributed by atoms with van der Waals surface area (Å²) in [6, 6.07) is 3.77. The molecule has 1 fully saturated rings. The summed E-state index contributed by atoms with van der Waals surface area (Å²) in [5, 5.41) is 11.6. The third kappa shape index (κ3) is 4.69. The van der Waals surface area contributed by atoms with Gasteiger partial charge >= 0.3 is 0 Å². The maximum absolute atomic E-state index is 5.48. The van der Waals surface area contributed by atoms with Crippen LogP contribution in [0.5, 0.6) is 0 Å². The normalized spacial score (nSPS) is 23.8. The van der Waals surface area contributed by atoms with Crippen molar-refractivity contribution in [3.8, 4) is 0 Å². The first kappa shape index (κ1) is 14.0. The van der Waals surface area contributed by atoms with Crippen LogP contribution in [0.3, 0.4) is 0 Å². The first-order valence-electron chi connectivity index (χ1n) is 6.82. The van der Waals surface area contributed by atoms with Gasteiger partial charge in [0, 0.05) is 24.7 Å². The van der Waals surface area contributed by atoms with E-state index in [0.717, 1.165) is 32.6 Å². The first-order chi connectivity index (χ1) is 8.74. The SMILES string of the molecule is CC(Cc1ccsc1)NC(C)CC1COCCN1. The van der Waals surface area contributed by atoms with E-state index in [2.05, 4.69) is 41.3 Å². The average Bonchev–Trinajstić information content (AvgIpc) is 2.82. The minimum atomic E-state index is 0.509. The number of hydrogen-bond donors (Lipinski definition) is 2. The molecule has 3 atom stereocenters. The number of rotatable bonds is 6. The van der Waals surface area contributed by atoms with Crippen LogP contribution in [0.25, 0.3) is 0 Å². The van der Waals surface area contributed by atoms with Gasteiger partial charge in [0.2, 0.25) is 0 Å². The lowest BCUT2D eigenvalue weighted by atomic mass is 10.1. The Balaban J connectivity index is 1.67. The topological polar surface area (TPSA) is 33.3 Å². The van der Waals surface area contributed by atoms with Crippen molar-refractivity contribution in [3.05, 3.63) is 22.4 Å². The maximum atomic E-state index is 5.48. The third-order valence-corrected chi connectivity index (χ3v) is 4.06. The highest BCUT2D eigenvalue weighted by Crippen LogP contribution is 2.10. The molecule has 3 unspecified atom stereocenters. The summed E-state index contributed by atoms with van der Waals surface area (Å²) in [4.78, 5) is 0. The molecule has 0 amide bonds. The molecule has 4 heteroatoms. The fraction of sp³-hybridized carbons (Fsp3) is 0.714. The molecule has 0 aromatic carbocycles. The van der Waals surface area contributed by atoms with E-state index in [4.69, 9.17) is 4.74 Å². The molecule has 1 aromatic rings. The molecule has 1 saturated heterocycles. The molecule has 1 aliphatic heterocycles. The molecule has 0 radical (unpaired) electrons. The average molecular weight is 268 g/mol. The summed E-state index contributed by atoms with van der Waals surface area (Å²) in [5.41, 5.74) is 1.44. The van der Waals surface area contributed by atoms with Crippen molar-refractivity contribution < 1.29 is 4.74 Å². The van der Waals surface area contributed by atoms with E-state index < -0.39 is 0 Å². The number of thiophene rings is 1. The Morgan fingerprint density at radius 2 is 2.39 bits per heavy atom. The fourth-order valence-corrected chi connectivity index (χ4v) is 3.25. The zero-order chi connectivity index (χ0) is 12.8. The molecule has 102 valence electrons. The van der Waals surface area contributed by atoms with Crippen LogP contribution < -0.4 is 10.6 Å². The van der Waals surface area contributed by atoms with Crippen molar-refractivity contribution in [2.45, 2.75) is 44.8 Å². The standard InChI is InChI=1S/C14H24N2OS/c1-11(7-13-3-6-18-10-13)16-12(2)8-14-9-17-5-4-15-14/h3,6,10-12,14-16H,4-5,7-9H2,1-2H3. The van der Waals surface area contributed by atoms with Gasteiger partial charge in [-0.15, -0.1) is 0 Å². The summed E-state index contributed by atoms with van der Waals surface area (Å²) >= 11 is 1.77.